The first-order valence-electron chi connectivity index (χ1n) is 4.45. The molecule has 0 fully saturated rings. The van der Waals surface area contributed by atoms with Gasteiger partial charge in [0, 0.05) is 9.61 Å². The van der Waals surface area contributed by atoms with Gasteiger partial charge in [-0.25, -0.2) is 0 Å². The van der Waals surface area contributed by atoms with Crippen LogP contribution in [0.4, 0.5) is 0 Å². The molecular formula is C10H16ClIN2. The predicted molar refractivity (Wildman–Crippen MR) is 71.6 cm³/mol. The van der Waals surface area contributed by atoms with E-state index in [0.29, 0.717) is 0 Å². The highest BCUT2D eigenvalue weighted by Crippen LogP contribution is 2.20. The average molecular weight is 327 g/mol. The lowest BCUT2D eigenvalue weighted by atomic mass is 10.0. The second-order valence-corrected chi connectivity index (χ2v) is 4.22. The van der Waals surface area contributed by atoms with Gasteiger partial charge in [0.25, 0.3) is 0 Å². The van der Waals surface area contributed by atoms with E-state index in [2.05, 4.69) is 34.7 Å². The lowest BCUT2D eigenvalue weighted by Gasteiger charge is -2.12. The van der Waals surface area contributed by atoms with Crippen LogP contribution in [0.5, 0.6) is 0 Å². The minimum absolute atomic E-state index is 0. The van der Waals surface area contributed by atoms with Gasteiger partial charge in [0.15, 0.2) is 0 Å². The Balaban J connectivity index is 0.00000169. The number of hydrogen-bond donors (Lipinski definition) is 2. The lowest BCUT2D eigenvalue weighted by molar-refractivity contribution is 0.616. The quantitative estimate of drug-likeness (QED) is 0.835. The van der Waals surface area contributed by atoms with E-state index in [9.17, 15) is 0 Å². The van der Waals surface area contributed by atoms with Crippen molar-refractivity contribution < 1.29 is 0 Å². The Morgan fingerprint density at radius 3 is 2.50 bits per heavy atom. The fourth-order valence-electron chi connectivity index (χ4n) is 1.27. The van der Waals surface area contributed by atoms with Gasteiger partial charge in [-0.2, -0.15) is 0 Å². The van der Waals surface area contributed by atoms with Crippen molar-refractivity contribution >= 4 is 35.0 Å². The molecule has 0 aliphatic rings. The van der Waals surface area contributed by atoms with Crippen LogP contribution in [-0.4, -0.2) is 6.54 Å². The Bertz CT molecular complexity index is 268. The molecule has 0 spiro atoms. The number of rotatable bonds is 4. The van der Waals surface area contributed by atoms with E-state index in [1.165, 1.54) is 9.13 Å². The monoisotopic (exact) mass is 326 g/mol. The first kappa shape index (κ1) is 14.2. The van der Waals surface area contributed by atoms with Crippen molar-refractivity contribution in [3.63, 3.8) is 0 Å². The summed E-state index contributed by atoms with van der Waals surface area (Å²) in [5.41, 5.74) is 12.7. The van der Waals surface area contributed by atoms with Crippen LogP contribution in [0.2, 0.25) is 0 Å². The Kier molecular flexibility index (Phi) is 7.54. The topological polar surface area (TPSA) is 52.0 Å². The van der Waals surface area contributed by atoms with E-state index in [0.717, 1.165) is 19.4 Å². The molecule has 1 aromatic rings. The summed E-state index contributed by atoms with van der Waals surface area (Å²) < 4.78 is 1.24. The van der Waals surface area contributed by atoms with Crippen molar-refractivity contribution in [2.24, 2.45) is 11.5 Å². The van der Waals surface area contributed by atoms with Crippen LogP contribution in [-0.2, 0) is 0 Å². The number of nitrogens with two attached hydrogens (primary N) is 2. The fraction of sp³-hybridized carbons (Fsp3) is 0.400. The largest absolute Gasteiger partial charge is 0.330 e. The van der Waals surface area contributed by atoms with Crippen molar-refractivity contribution in [1.82, 2.24) is 0 Å². The van der Waals surface area contributed by atoms with Crippen molar-refractivity contribution in [2.45, 2.75) is 18.9 Å². The molecule has 1 rings (SSSR count). The molecule has 0 heterocycles. The van der Waals surface area contributed by atoms with Crippen molar-refractivity contribution in [2.75, 3.05) is 6.54 Å². The molecule has 4 N–H and O–H groups in total. The van der Waals surface area contributed by atoms with Crippen molar-refractivity contribution in [1.29, 1.82) is 0 Å². The van der Waals surface area contributed by atoms with Gasteiger partial charge in [-0.3, -0.25) is 0 Å². The maximum Gasteiger partial charge on any atom is 0.0305 e. The SMILES string of the molecule is Cl.NCCC[C@@H](N)c1ccccc1I. The molecule has 0 aromatic heterocycles. The molecule has 1 aromatic carbocycles. The van der Waals surface area contributed by atoms with Gasteiger partial charge in [0.05, 0.1) is 0 Å². The first-order valence-corrected chi connectivity index (χ1v) is 5.53. The smallest absolute Gasteiger partial charge is 0.0305 e. The van der Waals surface area contributed by atoms with Crippen LogP contribution >= 0.6 is 35.0 Å². The molecule has 0 saturated carbocycles. The minimum Gasteiger partial charge on any atom is -0.330 e. The van der Waals surface area contributed by atoms with E-state index in [1.807, 2.05) is 12.1 Å². The maximum atomic E-state index is 6.02. The Hall–Kier alpha value is 0.160. The van der Waals surface area contributed by atoms with Gasteiger partial charge in [-0.1, -0.05) is 18.2 Å². The molecule has 0 aliphatic carbocycles. The predicted octanol–water partition coefficient (Wildman–Crippen LogP) is 2.45. The third-order valence-corrected chi connectivity index (χ3v) is 3.01. The molecule has 0 amide bonds. The fourth-order valence-corrected chi connectivity index (χ4v) is 2.06. The zero-order valence-electron chi connectivity index (χ0n) is 7.95. The van der Waals surface area contributed by atoms with E-state index in [-0.39, 0.29) is 18.4 Å². The third-order valence-electron chi connectivity index (χ3n) is 2.02. The van der Waals surface area contributed by atoms with Crippen molar-refractivity contribution in [3.05, 3.63) is 33.4 Å². The summed E-state index contributed by atoms with van der Waals surface area (Å²) in [4.78, 5) is 0. The standard InChI is InChI=1S/C10H15IN2.ClH/c11-9-5-2-1-4-8(9)10(13)6-3-7-12;/h1-2,4-5,10H,3,6-7,12-13H2;1H/t10-;/m1./s1. The minimum atomic E-state index is 0. The van der Waals surface area contributed by atoms with Gasteiger partial charge in [-0.15, -0.1) is 12.4 Å². The Morgan fingerprint density at radius 2 is 1.93 bits per heavy atom. The molecule has 14 heavy (non-hydrogen) atoms. The summed E-state index contributed by atoms with van der Waals surface area (Å²) in [6.07, 6.45) is 1.96. The van der Waals surface area contributed by atoms with Gasteiger partial charge in [0.1, 0.15) is 0 Å². The van der Waals surface area contributed by atoms with Crippen LogP contribution in [0, 0.1) is 3.57 Å². The number of benzene rings is 1. The zero-order valence-corrected chi connectivity index (χ0v) is 10.9. The average Bonchev–Trinajstić information content (AvgIpc) is 2.15. The summed E-state index contributed by atoms with van der Waals surface area (Å²) in [7, 11) is 0. The highest BCUT2D eigenvalue weighted by atomic mass is 127. The molecule has 0 saturated heterocycles. The first-order chi connectivity index (χ1) is 6.25. The molecule has 0 bridgehead atoms. The normalized spacial score (nSPS) is 11.9. The molecule has 0 unspecified atom stereocenters. The molecular weight excluding hydrogens is 310 g/mol. The van der Waals surface area contributed by atoms with Gasteiger partial charge in [-0.05, 0) is 53.6 Å². The summed E-state index contributed by atoms with van der Waals surface area (Å²) >= 11 is 2.32. The van der Waals surface area contributed by atoms with Gasteiger partial charge in [0.2, 0.25) is 0 Å². The van der Waals surface area contributed by atoms with Crippen LogP contribution < -0.4 is 11.5 Å². The Morgan fingerprint density at radius 1 is 1.29 bits per heavy atom. The summed E-state index contributed by atoms with van der Waals surface area (Å²) in [6, 6.07) is 8.36. The lowest BCUT2D eigenvalue weighted by Crippen LogP contribution is -2.13. The van der Waals surface area contributed by atoms with E-state index in [4.69, 9.17) is 11.5 Å². The number of halogens is 2. The summed E-state index contributed by atoms with van der Waals surface area (Å²) in [5, 5.41) is 0. The summed E-state index contributed by atoms with van der Waals surface area (Å²) in [5.74, 6) is 0. The molecule has 2 nitrogen and oxygen atoms in total. The maximum absolute atomic E-state index is 6.02. The number of hydrogen-bond acceptors (Lipinski definition) is 2. The van der Waals surface area contributed by atoms with Crippen molar-refractivity contribution in [3.8, 4) is 0 Å². The molecule has 80 valence electrons. The summed E-state index contributed by atoms with van der Waals surface area (Å²) in [6.45, 7) is 0.719. The highest BCUT2D eigenvalue weighted by molar-refractivity contribution is 14.1. The molecule has 4 heteroatoms. The second kappa shape index (κ2) is 7.45. The molecule has 1 atom stereocenters. The molecule has 0 aliphatic heterocycles. The second-order valence-electron chi connectivity index (χ2n) is 3.06. The Labute approximate surface area is 105 Å². The van der Waals surface area contributed by atoms with E-state index in [1.54, 1.807) is 0 Å². The highest BCUT2D eigenvalue weighted by Gasteiger charge is 2.07. The molecule has 0 radical (unpaired) electrons. The van der Waals surface area contributed by atoms with E-state index < -0.39 is 0 Å². The van der Waals surface area contributed by atoms with Crippen LogP contribution in [0.3, 0.4) is 0 Å². The van der Waals surface area contributed by atoms with Crippen LogP contribution in [0.1, 0.15) is 24.4 Å². The van der Waals surface area contributed by atoms with Gasteiger partial charge >= 0.3 is 0 Å². The van der Waals surface area contributed by atoms with Crippen LogP contribution in [0.15, 0.2) is 24.3 Å². The van der Waals surface area contributed by atoms with Crippen LogP contribution in [0.25, 0.3) is 0 Å². The van der Waals surface area contributed by atoms with E-state index >= 15 is 0 Å². The van der Waals surface area contributed by atoms with Gasteiger partial charge < -0.3 is 11.5 Å². The third kappa shape index (κ3) is 4.13. The zero-order chi connectivity index (χ0) is 9.68.